The van der Waals surface area contributed by atoms with Gasteiger partial charge >= 0.3 is 15.6 Å². The second-order valence-electron chi connectivity index (χ2n) is 8.55. The van der Waals surface area contributed by atoms with Gasteiger partial charge in [-0.2, -0.15) is 0 Å². The zero-order chi connectivity index (χ0) is 21.3. The maximum Gasteiger partial charge on any atom is 0.577 e. The number of pyridine rings is 1. The van der Waals surface area contributed by atoms with E-state index in [4.69, 9.17) is 13.5 Å². The average molecular weight is 405 g/mol. The third kappa shape index (κ3) is 4.45. The van der Waals surface area contributed by atoms with Crippen LogP contribution in [0.3, 0.4) is 0 Å². The minimum Gasteiger partial charge on any atom is -0.646 e. The number of benzene rings is 2. The van der Waals surface area contributed by atoms with E-state index in [1.54, 1.807) is 0 Å². The highest BCUT2D eigenvalue weighted by Crippen LogP contribution is 2.33. The molecule has 0 aliphatic heterocycles. The Hall–Kier alpha value is -2.02. The Labute approximate surface area is 181 Å². The van der Waals surface area contributed by atoms with Crippen molar-refractivity contribution in [2.45, 2.75) is 59.9 Å². The van der Waals surface area contributed by atoms with Crippen LogP contribution in [0.25, 0.3) is 10.9 Å². The maximum absolute atomic E-state index is 6.64. The summed E-state index contributed by atoms with van der Waals surface area (Å²) in [4.78, 5) is 4.73. The van der Waals surface area contributed by atoms with Crippen molar-refractivity contribution >= 4 is 26.5 Å². The van der Waals surface area contributed by atoms with E-state index in [9.17, 15) is 0 Å². The van der Waals surface area contributed by atoms with Gasteiger partial charge in [-0.3, -0.25) is 0 Å². The van der Waals surface area contributed by atoms with E-state index in [1.165, 1.54) is 22.3 Å². The number of aryl methyl sites for hydroxylation is 3. The van der Waals surface area contributed by atoms with Crippen molar-refractivity contribution in [2.75, 3.05) is 0 Å². The van der Waals surface area contributed by atoms with Crippen molar-refractivity contribution in [2.24, 2.45) is 5.92 Å². The van der Waals surface area contributed by atoms with Crippen LogP contribution in [0, 0.1) is 40.5 Å². The predicted molar refractivity (Wildman–Crippen MR) is 122 cm³/mol. The van der Waals surface area contributed by atoms with Gasteiger partial charge in [0.15, 0.2) is 0 Å². The van der Waals surface area contributed by atoms with Crippen LogP contribution in [-0.2, 0) is 0 Å². The zero-order valence-corrected chi connectivity index (χ0v) is 20.0. The van der Waals surface area contributed by atoms with Gasteiger partial charge in [0.25, 0.3) is 0 Å². The van der Waals surface area contributed by atoms with Gasteiger partial charge in [-0.1, -0.05) is 38.1 Å². The Kier molecular flexibility index (Phi) is 6.27. The number of aromatic nitrogens is 1. The molecule has 29 heavy (non-hydrogen) atoms. The third-order valence-corrected chi connectivity index (χ3v) is 7.61. The highest BCUT2D eigenvalue weighted by molar-refractivity contribution is 6.33. The molecule has 0 fully saturated rings. The number of ether oxygens (including phenoxy) is 1. The quantitative estimate of drug-likeness (QED) is 0.457. The molecule has 1 radical (unpaired) electrons. The van der Waals surface area contributed by atoms with Crippen LogP contribution in [0.5, 0.6) is 11.5 Å². The SMILES string of the molecule is Cc1ccc2cccc(O[C](C)([Al][O]c3c(C)c(C)cc(C)c3C)C(C)C)c2n1. The standard InChI is InChI=1S/C15H18NO.C10H14O.Al/c1-10(2)12(4)17-14-7-5-6-13-9-8-11(3)16-15(13)14;1-6-5-7(2)9(4)10(11)8(6)3;/h5-10H,1-4H3;5,11H,1-4H3;/q;;+1/p-1. The van der Waals surface area contributed by atoms with E-state index in [0.29, 0.717) is 5.92 Å². The van der Waals surface area contributed by atoms with Crippen molar-refractivity contribution in [3.63, 3.8) is 0 Å². The first kappa shape index (κ1) is 21.7. The molecule has 1 unspecified atom stereocenters. The minimum atomic E-state index is -0.449. The number of para-hydroxylation sites is 1. The topological polar surface area (TPSA) is 31.4 Å². The van der Waals surface area contributed by atoms with Crippen molar-refractivity contribution in [3.8, 4) is 11.5 Å². The van der Waals surface area contributed by atoms with Crippen LogP contribution in [0.1, 0.15) is 48.7 Å². The number of hydrogen-bond donors (Lipinski definition) is 0. The highest BCUT2D eigenvalue weighted by atomic mass is 27.1. The van der Waals surface area contributed by atoms with Gasteiger partial charge in [0.2, 0.25) is 0 Å². The molecule has 2 aromatic carbocycles. The van der Waals surface area contributed by atoms with Crippen LogP contribution >= 0.6 is 0 Å². The Morgan fingerprint density at radius 3 is 2.21 bits per heavy atom. The monoisotopic (exact) mass is 404 g/mol. The summed E-state index contributed by atoms with van der Waals surface area (Å²) in [5.41, 5.74) is 6.87. The first-order valence-corrected chi connectivity index (χ1v) is 11.3. The first-order valence-electron chi connectivity index (χ1n) is 10.3. The molecule has 0 aliphatic rings. The Morgan fingerprint density at radius 1 is 0.931 bits per heavy atom. The van der Waals surface area contributed by atoms with Crippen molar-refractivity contribution in [1.82, 2.24) is 4.98 Å². The average Bonchev–Trinajstić information content (AvgIpc) is 2.67. The molecular formula is C25H31AlNO2. The minimum absolute atomic E-state index is 0.295. The summed E-state index contributed by atoms with van der Waals surface area (Å²) in [5.74, 6) is 2.14. The largest absolute Gasteiger partial charge is 0.646 e. The fraction of sp³-hybridized carbons (Fsp3) is 0.400. The summed E-state index contributed by atoms with van der Waals surface area (Å²) in [6.45, 7) is 17.1. The van der Waals surface area contributed by atoms with Gasteiger partial charge in [0.1, 0.15) is 11.3 Å². The van der Waals surface area contributed by atoms with E-state index >= 15 is 0 Å². The van der Waals surface area contributed by atoms with Crippen LogP contribution in [0.2, 0.25) is 0 Å². The van der Waals surface area contributed by atoms with Gasteiger partial charge in [-0.05, 0) is 81.8 Å². The van der Waals surface area contributed by atoms with E-state index in [1.807, 2.05) is 25.1 Å². The van der Waals surface area contributed by atoms with E-state index in [-0.39, 0.29) is 0 Å². The molecule has 0 saturated carbocycles. The molecule has 4 heteroatoms. The van der Waals surface area contributed by atoms with Crippen LogP contribution in [0.4, 0.5) is 0 Å². The summed E-state index contributed by atoms with van der Waals surface area (Å²) in [5, 5.41) is 1.09. The van der Waals surface area contributed by atoms with Gasteiger partial charge < -0.3 is 8.53 Å². The molecular weight excluding hydrogens is 373 g/mol. The summed E-state index contributed by atoms with van der Waals surface area (Å²) < 4.78 is 12.7. The van der Waals surface area contributed by atoms with Crippen molar-refractivity contribution in [1.29, 1.82) is 0 Å². The molecule has 0 N–H and O–H groups in total. The molecule has 0 saturated heterocycles. The van der Waals surface area contributed by atoms with Crippen molar-refractivity contribution < 1.29 is 8.53 Å². The fourth-order valence-electron chi connectivity index (χ4n) is 3.35. The highest BCUT2D eigenvalue weighted by Gasteiger charge is 2.37. The first-order chi connectivity index (χ1) is 13.6. The number of fused-ring (bicyclic) bond motifs is 1. The van der Waals surface area contributed by atoms with Crippen LogP contribution in [-0.4, -0.2) is 25.0 Å². The third-order valence-electron chi connectivity index (χ3n) is 6.01. The summed E-state index contributed by atoms with van der Waals surface area (Å²) in [7, 11) is 0. The molecule has 3 rings (SSSR count). The molecule has 1 heterocycles. The molecule has 0 amide bonds. The van der Waals surface area contributed by atoms with Gasteiger partial charge in [0.05, 0.1) is 10.2 Å². The smallest absolute Gasteiger partial charge is 0.577 e. The van der Waals surface area contributed by atoms with Crippen LogP contribution < -0.4 is 8.53 Å². The molecule has 0 aliphatic carbocycles. The van der Waals surface area contributed by atoms with E-state index in [2.05, 4.69) is 66.7 Å². The molecule has 3 aromatic rings. The normalized spacial score (nSPS) is 13.4. The Bertz CT molecular complexity index is 1020. The molecule has 1 aromatic heterocycles. The maximum atomic E-state index is 6.64. The summed E-state index contributed by atoms with van der Waals surface area (Å²) >= 11 is -0.449. The van der Waals surface area contributed by atoms with Crippen LogP contribution in [0.15, 0.2) is 36.4 Å². The molecule has 1 atom stereocenters. The van der Waals surface area contributed by atoms with Gasteiger partial charge in [-0.15, -0.1) is 0 Å². The van der Waals surface area contributed by atoms with E-state index in [0.717, 1.165) is 28.1 Å². The number of rotatable bonds is 6. The lowest BCUT2D eigenvalue weighted by Crippen LogP contribution is -2.47. The second-order valence-corrected chi connectivity index (χ2v) is 10.2. The molecule has 151 valence electrons. The lowest BCUT2D eigenvalue weighted by molar-refractivity contribution is 0.113. The number of nitrogens with zero attached hydrogens (tertiary/aromatic N) is 1. The number of hydrogen-bond acceptors (Lipinski definition) is 3. The van der Waals surface area contributed by atoms with Crippen molar-refractivity contribution in [3.05, 3.63) is 64.3 Å². The van der Waals surface area contributed by atoms with Gasteiger partial charge in [-0.25, -0.2) is 4.98 Å². The lowest BCUT2D eigenvalue weighted by atomic mass is 10.0. The Morgan fingerprint density at radius 2 is 1.59 bits per heavy atom. The summed E-state index contributed by atoms with van der Waals surface area (Å²) in [6.07, 6.45) is 0. The fourth-order valence-corrected chi connectivity index (χ4v) is 4.50. The molecule has 0 spiro atoms. The summed E-state index contributed by atoms with van der Waals surface area (Å²) in [6, 6.07) is 12.5. The second kappa shape index (κ2) is 8.38. The molecule has 0 bridgehead atoms. The predicted octanol–water partition coefficient (Wildman–Crippen LogP) is 6.23. The molecule has 3 nitrogen and oxygen atoms in total. The lowest BCUT2D eigenvalue weighted by Gasteiger charge is -2.34. The van der Waals surface area contributed by atoms with E-state index < -0.39 is 20.0 Å². The zero-order valence-electron chi connectivity index (χ0n) is 18.9. The Balaban J connectivity index is 1.93. The van der Waals surface area contributed by atoms with Gasteiger partial charge in [0, 0.05) is 11.1 Å².